The highest BCUT2D eigenvalue weighted by Crippen LogP contribution is 2.23. The molecule has 7 nitrogen and oxygen atoms in total. The van der Waals surface area contributed by atoms with Crippen LogP contribution in [0, 0.1) is 6.92 Å². The lowest BCUT2D eigenvalue weighted by atomic mass is 10.1. The summed E-state index contributed by atoms with van der Waals surface area (Å²) in [5.41, 5.74) is 3.24. The van der Waals surface area contributed by atoms with Crippen molar-refractivity contribution in [2.75, 3.05) is 22.5 Å². The number of nitrogens with one attached hydrogen (secondary N) is 1. The van der Waals surface area contributed by atoms with Gasteiger partial charge >= 0.3 is 5.97 Å². The van der Waals surface area contributed by atoms with Gasteiger partial charge < -0.3 is 10.1 Å². The van der Waals surface area contributed by atoms with Crippen LogP contribution in [0.1, 0.15) is 38.8 Å². The number of carbonyl (C=O) groups is 2. The third-order valence-electron chi connectivity index (χ3n) is 5.06. The van der Waals surface area contributed by atoms with Crippen LogP contribution >= 0.6 is 0 Å². The summed E-state index contributed by atoms with van der Waals surface area (Å²) < 4.78 is 31.3. The first-order valence-electron chi connectivity index (χ1n) is 10.4. The van der Waals surface area contributed by atoms with Crippen molar-refractivity contribution >= 4 is 33.3 Å². The molecule has 0 bridgehead atoms. The molecule has 172 valence electrons. The molecule has 0 aliphatic carbocycles. The molecule has 0 fully saturated rings. The van der Waals surface area contributed by atoms with Gasteiger partial charge in [-0.15, -0.1) is 0 Å². The van der Waals surface area contributed by atoms with E-state index in [1.807, 2.05) is 31.2 Å². The molecule has 0 spiro atoms. The van der Waals surface area contributed by atoms with Crippen LogP contribution in [0.3, 0.4) is 0 Å². The SMILES string of the molecule is CCOC(=O)c1ccccc1NC(=O)c1ccc(N(Cc2ccccc2C)S(C)(=O)=O)cc1. The summed E-state index contributed by atoms with van der Waals surface area (Å²) in [4.78, 5) is 24.9. The lowest BCUT2D eigenvalue weighted by Gasteiger charge is -2.23. The molecule has 0 saturated carbocycles. The predicted octanol–water partition coefficient (Wildman–Crippen LogP) is 4.39. The number of sulfonamides is 1. The van der Waals surface area contributed by atoms with Crippen molar-refractivity contribution < 1.29 is 22.7 Å². The molecular weight excluding hydrogens is 440 g/mol. The van der Waals surface area contributed by atoms with Crippen LogP contribution in [0.4, 0.5) is 11.4 Å². The first kappa shape index (κ1) is 24.0. The number of hydrogen-bond donors (Lipinski definition) is 1. The molecule has 3 aromatic rings. The van der Waals surface area contributed by atoms with Crippen molar-refractivity contribution in [3.8, 4) is 0 Å². The van der Waals surface area contributed by atoms with E-state index < -0.39 is 21.9 Å². The number of para-hydroxylation sites is 1. The van der Waals surface area contributed by atoms with E-state index in [1.165, 1.54) is 4.31 Å². The zero-order chi connectivity index (χ0) is 24.0. The number of benzene rings is 3. The average Bonchev–Trinajstić information content (AvgIpc) is 2.78. The molecule has 0 radical (unpaired) electrons. The summed E-state index contributed by atoms with van der Waals surface area (Å²) in [6.07, 6.45) is 1.15. The Balaban J connectivity index is 1.82. The Kier molecular flexibility index (Phi) is 7.50. The van der Waals surface area contributed by atoms with Crippen LogP contribution in [0.5, 0.6) is 0 Å². The first-order chi connectivity index (χ1) is 15.7. The van der Waals surface area contributed by atoms with Gasteiger partial charge in [-0.1, -0.05) is 36.4 Å². The van der Waals surface area contributed by atoms with Gasteiger partial charge in [0, 0.05) is 5.56 Å². The number of anilines is 2. The summed E-state index contributed by atoms with van der Waals surface area (Å²) in [5.74, 6) is -0.952. The van der Waals surface area contributed by atoms with E-state index in [4.69, 9.17) is 4.74 Å². The quantitative estimate of drug-likeness (QED) is 0.497. The second kappa shape index (κ2) is 10.3. The van der Waals surface area contributed by atoms with Gasteiger partial charge in [0.2, 0.25) is 10.0 Å². The van der Waals surface area contributed by atoms with Crippen molar-refractivity contribution in [2.45, 2.75) is 20.4 Å². The third-order valence-corrected chi connectivity index (χ3v) is 6.20. The van der Waals surface area contributed by atoms with Crippen LogP contribution in [-0.4, -0.2) is 33.2 Å². The zero-order valence-corrected chi connectivity index (χ0v) is 19.6. The summed E-state index contributed by atoms with van der Waals surface area (Å²) in [6.45, 7) is 4.04. The highest BCUT2D eigenvalue weighted by atomic mass is 32.2. The summed E-state index contributed by atoms with van der Waals surface area (Å²) in [7, 11) is -3.55. The summed E-state index contributed by atoms with van der Waals surface area (Å²) >= 11 is 0. The highest BCUT2D eigenvalue weighted by molar-refractivity contribution is 7.92. The van der Waals surface area contributed by atoms with Crippen LogP contribution in [0.25, 0.3) is 0 Å². The molecule has 1 amide bonds. The monoisotopic (exact) mass is 466 g/mol. The minimum atomic E-state index is -3.55. The van der Waals surface area contributed by atoms with Gasteiger partial charge in [0.15, 0.2) is 0 Å². The Morgan fingerprint density at radius 2 is 1.58 bits per heavy atom. The Morgan fingerprint density at radius 3 is 2.21 bits per heavy atom. The fourth-order valence-corrected chi connectivity index (χ4v) is 4.17. The topological polar surface area (TPSA) is 92.8 Å². The minimum Gasteiger partial charge on any atom is -0.462 e. The molecule has 3 rings (SSSR count). The number of carbonyl (C=O) groups excluding carboxylic acids is 2. The molecule has 0 unspecified atom stereocenters. The first-order valence-corrected chi connectivity index (χ1v) is 12.3. The van der Waals surface area contributed by atoms with Crippen LogP contribution < -0.4 is 9.62 Å². The second-order valence-electron chi connectivity index (χ2n) is 7.46. The predicted molar refractivity (Wildman–Crippen MR) is 129 cm³/mol. The molecule has 0 heterocycles. The molecule has 0 aromatic heterocycles. The second-order valence-corrected chi connectivity index (χ2v) is 9.37. The lowest BCUT2D eigenvalue weighted by Crippen LogP contribution is -2.29. The highest BCUT2D eigenvalue weighted by Gasteiger charge is 2.20. The van der Waals surface area contributed by atoms with Crippen molar-refractivity contribution in [2.24, 2.45) is 0 Å². The van der Waals surface area contributed by atoms with E-state index in [9.17, 15) is 18.0 Å². The number of esters is 1. The molecule has 8 heteroatoms. The normalized spacial score (nSPS) is 11.0. The van der Waals surface area contributed by atoms with Crippen molar-refractivity contribution in [3.05, 3.63) is 95.1 Å². The maximum Gasteiger partial charge on any atom is 0.340 e. The van der Waals surface area contributed by atoms with Gasteiger partial charge in [-0.3, -0.25) is 9.10 Å². The van der Waals surface area contributed by atoms with Crippen molar-refractivity contribution in [3.63, 3.8) is 0 Å². The number of aryl methyl sites for hydroxylation is 1. The van der Waals surface area contributed by atoms with Gasteiger partial charge in [0.05, 0.1) is 36.3 Å². The van der Waals surface area contributed by atoms with E-state index in [2.05, 4.69) is 5.32 Å². The Labute approximate surface area is 194 Å². The number of nitrogens with zero attached hydrogens (tertiary/aromatic N) is 1. The van der Waals surface area contributed by atoms with Crippen molar-refractivity contribution in [1.29, 1.82) is 0 Å². The maximum absolute atomic E-state index is 12.8. The number of rotatable bonds is 8. The van der Waals surface area contributed by atoms with E-state index in [0.29, 0.717) is 16.9 Å². The summed E-state index contributed by atoms with van der Waals surface area (Å²) in [5, 5.41) is 2.72. The van der Waals surface area contributed by atoms with Gasteiger partial charge in [-0.05, 0) is 61.4 Å². The molecule has 3 aromatic carbocycles. The van der Waals surface area contributed by atoms with Gasteiger partial charge in [0.25, 0.3) is 5.91 Å². The van der Waals surface area contributed by atoms with E-state index in [1.54, 1.807) is 55.5 Å². The van der Waals surface area contributed by atoms with E-state index >= 15 is 0 Å². The summed E-state index contributed by atoms with van der Waals surface area (Å²) in [6, 6.07) is 20.4. The molecular formula is C25H26N2O5S. The molecule has 0 aliphatic heterocycles. The Hall–Kier alpha value is -3.65. The Morgan fingerprint density at radius 1 is 0.939 bits per heavy atom. The smallest absolute Gasteiger partial charge is 0.340 e. The minimum absolute atomic E-state index is 0.184. The molecule has 0 aliphatic rings. The number of amides is 1. The largest absolute Gasteiger partial charge is 0.462 e. The molecule has 1 N–H and O–H groups in total. The molecule has 0 atom stereocenters. The van der Waals surface area contributed by atoms with E-state index in [-0.39, 0.29) is 18.7 Å². The maximum atomic E-state index is 12.8. The van der Waals surface area contributed by atoms with Gasteiger partial charge in [0.1, 0.15) is 0 Å². The van der Waals surface area contributed by atoms with Gasteiger partial charge in [-0.2, -0.15) is 0 Å². The van der Waals surface area contributed by atoms with Crippen molar-refractivity contribution in [1.82, 2.24) is 0 Å². The standard InChI is InChI=1S/C25H26N2O5S/c1-4-32-25(29)22-11-7-8-12-23(22)26-24(28)19-13-15-21(16-14-19)27(33(3,30)31)17-20-10-6-5-9-18(20)2/h5-16H,4,17H2,1-3H3,(H,26,28). The Bertz CT molecular complexity index is 1250. The van der Waals surface area contributed by atoms with Gasteiger partial charge in [-0.25, -0.2) is 13.2 Å². The molecule has 0 saturated heterocycles. The van der Waals surface area contributed by atoms with Crippen LogP contribution in [-0.2, 0) is 21.3 Å². The van der Waals surface area contributed by atoms with Crippen LogP contribution in [0.2, 0.25) is 0 Å². The molecule has 33 heavy (non-hydrogen) atoms. The third kappa shape index (κ3) is 5.98. The fraction of sp³-hybridized carbons (Fsp3) is 0.200. The lowest BCUT2D eigenvalue weighted by molar-refractivity contribution is 0.0527. The zero-order valence-electron chi connectivity index (χ0n) is 18.7. The number of hydrogen-bond acceptors (Lipinski definition) is 5. The fourth-order valence-electron chi connectivity index (χ4n) is 3.29. The van der Waals surface area contributed by atoms with E-state index in [0.717, 1.165) is 17.4 Å². The van der Waals surface area contributed by atoms with Crippen LogP contribution in [0.15, 0.2) is 72.8 Å². The average molecular weight is 467 g/mol. The number of ether oxygens (including phenoxy) is 1.